The van der Waals surface area contributed by atoms with Gasteiger partial charge in [0, 0.05) is 12.4 Å². The molecule has 18 heavy (non-hydrogen) atoms. The molecule has 1 aliphatic rings. The smallest absolute Gasteiger partial charge is 0.154 e. The fourth-order valence-electron chi connectivity index (χ4n) is 2.51. The monoisotopic (exact) mass is 287 g/mol. The number of sulfone groups is 1. The Balaban J connectivity index is 2.18. The molecule has 2 rings (SSSR count). The van der Waals surface area contributed by atoms with Crippen LogP contribution in [-0.4, -0.2) is 29.8 Å². The van der Waals surface area contributed by atoms with E-state index >= 15 is 0 Å². The Hall–Kier alpha value is -0.610. The van der Waals surface area contributed by atoms with E-state index in [-0.39, 0.29) is 17.0 Å². The normalized spacial score (nSPS) is 26.4. The molecule has 3 unspecified atom stereocenters. The highest BCUT2D eigenvalue weighted by molar-refractivity contribution is 7.92. The van der Waals surface area contributed by atoms with Gasteiger partial charge in [-0.2, -0.15) is 0 Å². The fraction of sp³-hybridized carbons (Fsp3) is 0.615. The maximum Gasteiger partial charge on any atom is 0.154 e. The number of hydrogen-bond acceptors (Lipinski definition) is 3. The molecular formula is C13H18ClNO2S. The highest BCUT2D eigenvalue weighted by atomic mass is 35.5. The third kappa shape index (κ3) is 2.86. The fourth-order valence-corrected chi connectivity index (χ4v) is 5.32. The molecule has 2 heterocycles. The average Bonchev–Trinajstić information content (AvgIpc) is 2.37. The van der Waals surface area contributed by atoms with Gasteiger partial charge in [-0.3, -0.25) is 4.98 Å². The van der Waals surface area contributed by atoms with Crippen LogP contribution in [0.25, 0.3) is 0 Å². The van der Waals surface area contributed by atoms with E-state index in [1.54, 1.807) is 12.4 Å². The van der Waals surface area contributed by atoms with Crippen molar-refractivity contribution in [1.82, 2.24) is 4.98 Å². The summed E-state index contributed by atoms with van der Waals surface area (Å²) in [5.41, 5.74) is 1.05. The molecule has 0 saturated carbocycles. The van der Waals surface area contributed by atoms with Gasteiger partial charge in [-0.05, 0) is 36.5 Å². The summed E-state index contributed by atoms with van der Waals surface area (Å²) in [5.74, 6) is 0.303. The van der Waals surface area contributed by atoms with E-state index in [0.717, 1.165) is 18.4 Å². The zero-order valence-corrected chi connectivity index (χ0v) is 12.0. The van der Waals surface area contributed by atoms with E-state index in [1.165, 1.54) is 0 Å². The standard InChI is InChI=1S/C13H18ClNO2S/c1-10(11-5-7-15-8-6-11)13(14)12-4-2-3-9-18(12,16)17/h5-8,10,12-13H,2-4,9H2,1H3. The zero-order chi connectivity index (χ0) is 13.2. The lowest BCUT2D eigenvalue weighted by atomic mass is 9.94. The number of pyridine rings is 1. The Morgan fingerprint density at radius 1 is 1.33 bits per heavy atom. The first kappa shape index (κ1) is 13.8. The third-order valence-electron chi connectivity index (χ3n) is 3.69. The molecule has 0 amide bonds. The summed E-state index contributed by atoms with van der Waals surface area (Å²) < 4.78 is 24.1. The summed E-state index contributed by atoms with van der Waals surface area (Å²) in [6.45, 7) is 1.98. The van der Waals surface area contributed by atoms with Crippen LogP contribution >= 0.6 is 11.6 Å². The molecule has 1 aliphatic heterocycles. The van der Waals surface area contributed by atoms with E-state index < -0.39 is 15.1 Å². The van der Waals surface area contributed by atoms with Gasteiger partial charge in [0.1, 0.15) is 0 Å². The molecule has 5 heteroatoms. The van der Waals surface area contributed by atoms with Crippen LogP contribution in [0.3, 0.4) is 0 Å². The molecule has 3 nitrogen and oxygen atoms in total. The van der Waals surface area contributed by atoms with E-state index in [1.807, 2.05) is 19.1 Å². The quantitative estimate of drug-likeness (QED) is 0.803. The Morgan fingerprint density at radius 3 is 2.61 bits per heavy atom. The molecule has 3 atom stereocenters. The molecule has 0 bridgehead atoms. The molecule has 0 aromatic carbocycles. The van der Waals surface area contributed by atoms with E-state index in [9.17, 15) is 8.42 Å². The average molecular weight is 288 g/mol. The zero-order valence-electron chi connectivity index (χ0n) is 10.4. The summed E-state index contributed by atoms with van der Waals surface area (Å²) in [5, 5.41) is -0.770. The summed E-state index contributed by atoms with van der Waals surface area (Å²) in [6.07, 6.45) is 5.84. The Bertz CT molecular complexity index is 489. The molecule has 100 valence electrons. The summed E-state index contributed by atoms with van der Waals surface area (Å²) in [4.78, 5) is 3.97. The predicted octanol–water partition coefficient (Wildman–Crippen LogP) is 2.76. The van der Waals surface area contributed by atoms with Crippen molar-refractivity contribution in [3.05, 3.63) is 30.1 Å². The minimum Gasteiger partial charge on any atom is -0.265 e. The van der Waals surface area contributed by atoms with Gasteiger partial charge in [0.25, 0.3) is 0 Å². The van der Waals surface area contributed by atoms with Gasteiger partial charge in [0.15, 0.2) is 9.84 Å². The number of halogens is 1. The van der Waals surface area contributed by atoms with Crippen molar-refractivity contribution in [3.63, 3.8) is 0 Å². The van der Waals surface area contributed by atoms with E-state index in [2.05, 4.69) is 4.98 Å². The van der Waals surface area contributed by atoms with Crippen molar-refractivity contribution in [3.8, 4) is 0 Å². The SMILES string of the molecule is CC(c1ccncc1)C(Cl)C1CCCCS1(=O)=O. The van der Waals surface area contributed by atoms with Crippen molar-refractivity contribution in [2.75, 3.05) is 5.75 Å². The first-order valence-corrected chi connectivity index (χ1v) is 8.43. The maximum atomic E-state index is 12.1. The van der Waals surface area contributed by atoms with Crippen LogP contribution in [0.1, 0.15) is 37.7 Å². The van der Waals surface area contributed by atoms with Gasteiger partial charge in [-0.15, -0.1) is 11.6 Å². The molecule has 1 aromatic rings. The summed E-state index contributed by atoms with van der Waals surface area (Å²) >= 11 is 6.43. The lowest BCUT2D eigenvalue weighted by Gasteiger charge is -2.30. The topological polar surface area (TPSA) is 47.0 Å². The first-order chi connectivity index (χ1) is 8.52. The Labute approximate surface area is 113 Å². The van der Waals surface area contributed by atoms with Crippen molar-refractivity contribution in [2.24, 2.45) is 0 Å². The number of rotatable bonds is 3. The third-order valence-corrected chi connectivity index (χ3v) is 6.83. The maximum absolute atomic E-state index is 12.1. The first-order valence-electron chi connectivity index (χ1n) is 6.28. The molecule has 0 N–H and O–H groups in total. The van der Waals surface area contributed by atoms with Gasteiger partial charge < -0.3 is 0 Å². The summed E-state index contributed by atoms with van der Waals surface area (Å²) in [7, 11) is -3.02. The Kier molecular flexibility index (Phi) is 4.28. The molecule has 1 fully saturated rings. The second kappa shape index (κ2) is 5.57. The van der Waals surface area contributed by atoms with Crippen molar-refractivity contribution >= 4 is 21.4 Å². The number of hydrogen-bond donors (Lipinski definition) is 0. The number of alkyl halides is 1. The van der Waals surface area contributed by atoms with Crippen LogP contribution in [0, 0.1) is 0 Å². The molecule has 0 spiro atoms. The van der Waals surface area contributed by atoms with Gasteiger partial charge in [0.2, 0.25) is 0 Å². The predicted molar refractivity (Wildman–Crippen MR) is 73.7 cm³/mol. The van der Waals surface area contributed by atoms with Gasteiger partial charge in [-0.25, -0.2) is 8.42 Å². The van der Waals surface area contributed by atoms with Crippen molar-refractivity contribution < 1.29 is 8.42 Å². The van der Waals surface area contributed by atoms with Gasteiger partial charge in [0.05, 0.1) is 16.4 Å². The number of aromatic nitrogens is 1. The van der Waals surface area contributed by atoms with Crippen LogP contribution in [0.2, 0.25) is 0 Å². The van der Waals surface area contributed by atoms with E-state index in [4.69, 9.17) is 11.6 Å². The lowest BCUT2D eigenvalue weighted by molar-refractivity contribution is 0.512. The van der Waals surface area contributed by atoms with Crippen LogP contribution in [-0.2, 0) is 9.84 Å². The highest BCUT2D eigenvalue weighted by Crippen LogP contribution is 2.33. The lowest BCUT2D eigenvalue weighted by Crippen LogP contribution is -2.38. The van der Waals surface area contributed by atoms with Crippen LogP contribution in [0.5, 0.6) is 0 Å². The minimum atomic E-state index is -3.02. The molecular weight excluding hydrogens is 270 g/mol. The largest absolute Gasteiger partial charge is 0.265 e. The van der Waals surface area contributed by atoms with Gasteiger partial charge in [-0.1, -0.05) is 13.3 Å². The van der Waals surface area contributed by atoms with Crippen molar-refractivity contribution in [1.29, 1.82) is 0 Å². The highest BCUT2D eigenvalue weighted by Gasteiger charge is 2.37. The molecule has 1 aromatic heterocycles. The van der Waals surface area contributed by atoms with Crippen LogP contribution in [0.15, 0.2) is 24.5 Å². The van der Waals surface area contributed by atoms with Crippen LogP contribution in [0.4, 0.5) is 0 Å². The summed E-state index contributed by atoms with van der Waals surface area (Å²) in [6, 6.07) is 3.80. The molecule has 0 radical (unpaired) electrons. The van der Waals surface area contributed by atoms with Crippen molar-refractivity contribution in [2.45, 2.75) is 42.7 Å². The van der Waals surface area contributed by atoms with Gasteiger partial charge >= 0.3 is 0 Å². The van der Waals surface area contributed by atoms with E-state index in [0.29, 0.717) is 6.42 Å². The second-order valence-corrected chi connectivity index (χ2v) is 7.76. The minimum absolute atomic E-state index is 0.0209. The molecule has 0 aliphatic carbocycles. The number of nitrogens with zero attached hydrogens (tertiary/aromatic N) is 1. The second-order valence-electron chi connectivity index (χ2n) is 4.91. The molecule has 1 saturated heterocycles. The Morgan fingerprint density at radius 2 is 2.00 bits per heavy atom. The van der Waals surface area contributed by atoms with Crippen LogP contribution < -0.4 is 0 Å².